The lowest BCUT2D eigenvalue weighted by molar-refractivity contribution is -0.128. The average molecular weight is 568 g/mol. The van der Waals surface area contributed by atoms with Gasteiger partial charge in [0.1, 0.15) is 22.7 Å². The molecule has 10 heteroatoms. The smallest absolute Gasteiger partial charge is 0.234 e. The van der Waals surface area contributed by atoms with Crippen molar-refractivity contribution < 1.29 is 14.3 Å². The van der Waals surface area contributed by atoms with Crippen LogP contribution in [0.5, 0.6) is 5.75 Å². The summed E-state index contributed by atoms with van der Waals surface area (Å²) in [7, 11) is 1.60. The minimum absolute atomic E-state index is 0.0749. The van der Waals surface area contributed by atoms with Gasteiger partial charge in [-0.3, -0.25) is 9.59 Å². The molecular weight excluding hydrogens is 530 g/mol. The van der Waals surface area contributed by atoms with E-state index in [-0.39, 0.29) is 17.6 Å². The lowest BCUT2D eigenvalue weighted by Crippen LogP contribution is -2.49. The summed E-state index contributed by atoms with van der Waals surface area (Å²) < 4.78 is 5.14. The second-order valence-electron chi connectivity index (χ2n) is 11.3. The number of piperazine rings is 1. The van der Waals surface area contributed by atoms with Gasteiger partial charge in [-0.05, 0) is 60.4 Å². The number of aromatic nitrogens is 2. The zero-order valence-electron chi connectivity index (χ0n) is 23.2. The van der Waals surface area contributed by atoms with Crippen LogP contribution in [0.15, 0.2) is 30.6 Å². The number of methoxy groups -OCH3 is 1. The van der Waals surface area contributed by atoms with Gasteiger partial charge >= 0.3 is 0 Å². The van der Waals surface area contributed by atoms with Gasteiger partial charge in [0.05, 0.1) is 24.0 Å². The number of nitrogens with zero attached hydrogens (tertiary/aromatic N) is 4. The van der Waals surface area contributed by atoms with Crippen LogP contribution in [-0.2, 0) is 22.4 Å². The van der Waals surface area contributed by atoms with Crippen LogP contribution in [0.1, 0.15) is 37.6 Å². The third-order valence-corrected chi connectivity index (χ3v) is 9.89. The number of ether oxygens (including phenoxy) is 1. The molecule has 2 aromatic heterocycles. The molecule has 3 aromatic rings. The first-order valence-electron chi connectivity index (χ1n) is 13.5. The minimum Gasteiger partial charge on any atom is -0.497 e. The molecule has 1 aliphatic carbocycles. The number of amides is 2. The molecule has 1 atom stereocenters. The van der Waals surface area contributed by atoms with E-state index in [1.807, 2.05) is 16.2 Å². The summed E-state index contributed by atoms with van der Waals surface area (Å²) in [5.74, 6) is 2.92. The van der Waals surface area contributed by atoms with Gasteiger partial charge in [0.2, 0.25) is 11.8 Å². The van der Waals surface area contributed by atoms with Gasteiger partial charge in [0.15, 0.2) is 0 Å². The molecular formula is C29H37N5O3S2. The fourth-order valence-electron chi connectivity index (χ4n) is 5.43. The highest BCUT2D eigenvalue weighted by Gasteiger charge is 2.33. The topological polar surface area (TPSA) is 87.7 Å². The van der Waals surface area contributed by atoms with E-state index in [1.165, 1.54) is 34.0 Å². The largest absolute Gasteiger partial charge is 0.497 e. The van der Waals surface area contributed by atoms with Gasteiger partial charge in [-0.2, -0.15) is 0 Å². The number of anilines is 2. The van der Waals surface area contributed by atoms with Gasteiger partial charge in [0.25, 0.3) is 0 Å². The molecule has 208 valence electrons. The highest BCUT2D eigenvalue weighted by molar-refractivity contribution is 8.00. The van der Waals surface area contributed by atoms with Crippen molar-refractivity contribution in [1.29, 1.82) is 0 Å². The Bertz CT molecular complexity index is 1330. The maximum Gasteiger partial charge on any atom is 0.234 e. The van der Waals surface area contributed by atoms with Crippen LogP contribution < -0.4 is 15.0 Å². The number of carbonyl (C=O) groups is 2. The number of nitrogens with one attached hydrogen (secondary N) is 1. The number of rotatable bonds is 7. The molecule has 0 saturated carbocycles. The predicted molar refractivity (Wildman–Crippen MR) is 160 cm³/mol. The molecule has 1 saturated heterocycles. The van der Waals surface area contributed by atoms with Crippen LogP contribution in [0, 0.1) is 11.3 Å². The second-order valence-corrected chi connectivity index (χ2v) is 13.4. The zero-order chi connectivity index (χ0) is 27.6. The average Bonchev–Trinajstić information content (AvgIpc) is 3.31. The van der Waals surface area contributed by atoms with Crippen molar-refractivity contribution in [2.24, 2.45) is 11.3 Å². The van der Waals surface area contributed by atoms with Crippen LogP contribution in [0.25, 0.3) is 10.2 Å². The zero-order valence-corrected chi connectivity index (χ0v) is 24.8. The second kappa shape index (κ2) is 11.7. The quantitative estimate of drug-likeness (QED) is 0.436. The van der Waals surface area contributed by atoms with Crippen LogP contribution >= 0.6 is 23.1 Å². The van der Waals surface area contributed by atoms with E-state index in [2.05, 4.69) is 36.0 Å². The Morgan fingerprint density at radius 2 is 1.85 bits per heavy atom. The van der Waals surface area contributed by atoms with Crippen LogP contribution in [0.3, 0.4) is 0 Å². The Labute approximate surface area is 238 Å². The monoisotopic (exact) mass is 567 g/mol. The molecule has 5 rings (SSSR count). The van der Waals surface area contributed by atoms with E-state index in [1.54, 1.807) is 37.7 Å². The third kappa shape index (κ3) is 6.32. The normalized spacial score (nSPS) is 17.7. The van der Waals surface area contributed by atoms with Crippen molar-refractivity contribution >= 4 is 56.6 Å². The van der Waals surface area contributed by atoms with Gasteiger partial charge in [-0.15, -0.1) is 23.1 Å². The molecule has 0 spiro atoms. The van der Waals surface area contributed by atoms with Crippen molar-refractivity contribution in [3.05, 3.63) is 41.0 Å². The van der Waals surface area contributed by atoms with Crippen LogP contribution in [-0.4, -0.2) is 71.5 Å². The van der Waals surface area contributed by atoms with Gasteiger partial charge in [-0.1, -0.05) is 20.8 Å². The maximum atomic E-state index is 12.8. The van der Waals surface area contributed by atoms with E-state index in [0.29, 0.717) is 35.9 Å². The fraction of sp³-hybridized carbons (Fsp3) is 0.517. The van der Waals surface area contributed by atoms with Crippen molar-refractivity contribution in [3.8, 4) is 5.75 Å². The first kappa shape index (κ1) is 27.7. The lowest BCUT2D eigenvalue weighted by atomic mass is 9.72. The molecule has 0 bridgehead atoms. The number of aryl methyl sites for hydroxylation is 1. The number of fused-ring (bicyclic) bond motifs is 3. The van der Waals surface area contributed by atoms with Crippen LogP contribution in [0.4, 0.5) is 11.5 Å². The Hall–Kier alpha value is -2.85. The summed E-state index contributed by atoms with van der Waals surface area (Å²) in [5, 5.41) is 4.08. The predicted octanol–water partition coefficient (Wildman–Crippen LogP) is 4.87. The van der Waals surface area contributed by atoms with E-state index in [4.69, 9.17) is 9.72 Å². The summed E-state index contributed by atoms with van der Waals surface area (Å²) in [6.45, 7) is 9.83. The van der Waals surface area contributed by atoms with Crippen molar-refractivity contribution in [1.82, 2.24) is 14.9 Å². The molecule has 1 aliphatic heterocycles. The lowest BCUT2D eigenvalue weighted by Gasteiger charge is -2.36. The van der Waals surface area contributed by atoms with E-state index >= 15 is 0 Å². The minimum atomic E-state index is -0.122. The van der Waals surface area contributed by atoms with E-state index < -0.39 is 0 Å². The number of hydrogen-bond acceptors (Lipinski definition) is 8. The number of thioether (sulfide) groups is 1. The van der Waals surface area contributed by atoms with Crippen molar-refractivity contribution in [2.75, 3.05) is 55.0 Å². The maximum absolute atomic E-state index is 12.8. The highest BCUT2D eigenvalue weighted by Crippen LogP contribution is 2.44. The molecule has 1 fully saturated rings. The molecule has 39 heavy (non-hydrogen) atoms. The number of carbonyl (C=O) groups excluding carboxylic acids is 2. The van der Waals surface area contributed by atoms with Crippen molar-refractivity contribution in [2.45, 2.75) is 40.0 Å². The van der Waals surface area contributed by atoms with Crippen molar-refractivity contribution in [3.63, 3.8) is 0 Å². The molecule has 1 unspecified atom stereocenters. The van der Waals surface area contributed by atoms with Crippen LogP contribution in [0.2, 0.25) is 0 Å². The molecule has 2 amide bonds. The Kier molecular flexibility index (Phi) is 8.32. The molecule has 1 aromatic carbocycles. The molecule has 1 N–H and O–H groups in total. The summed E-state index contributed by atoms with van der Waals surface area (Å²) >= 11 is 3.18. The molecule has 0 radical (unpaired) electrons. The fourth-order valence-corrected chi connectivity index (χ4v) is 7.41. The third-order valence-electron chi connectivity index (χ3n) is 7.81. The Balaban J connectivity index is 1.13. The van der Waals surface area contributed by atoms with Gasteiger partial charge in [-0.25, -0.2) is 9.97 Å². The van der Waals surface area contributed by atoms with Gasteiger partial charge < -0.3 is 19.9 Å². The first-order valence-corrected chi connectivity index (χ1v) is 15.5. The first-order chi connectivity index (χ1) is 18.7. The number of thiophene rings is 1. The Morgan fingerprint density at radius 3 is 2.54 bits per heavy atom. The number of hydrogen-bond donors (Lipinski definition) is 1. The molecule has 8 nitrogen and oxygen atoms in total. The molecule has 2 aliphatic rings. The Morgan fingerprint density at radius 1 is 1.10 bits per heavy atom. The highest BCUT2D eigenvalue weighted by atomic mass is 32.2. The molecule has 3 heterocycles. The standard InChI is InChI=1S/C29H37N5O3S2/c1-29(2,3)19-5-10-22-23(15-19)39-28-26(22)27(30-18-31-28)34-13-11-33(12-14-34)25(36)17-38-16-24(35)32-20-6-8-21(37-4)9-7-20/h6-9,18-19H,5,10-17H2,1-4H3,(H,32,35). The van der Waals surface area contributed by atoms with E-state index in [9.17, 15) is 9.59 Å². The van der Waals surface area contributed by atoms with Gasteiger partial charge in [0, 0.05) is 36.7 Å². The summed E-state index contributed by atoms with van der Waals surface area (Å²) in [6.07, 6.45) is 5.09. The summed E-state index contributed by atoms with van der Waals surface area (Å²) in [5.41, 5.74) is 2.46. The summed E-state index contributed by atoms with van der Waals surface area (Å²) in [4.78, 5) is 41.2. The number of benzene rings is 1. The SMILES string of the molecule is COc1ccc(NC(=O)CSCC(=O)N2CCN(c3ncnc4sc5c(c34)CCC(C(C)(C)C)C5)CC2)cc1. The summed E-state index contributed by atoms with van der Waals surface area (Å²) in [6, 6.07) is 7.19. The van der Waals surface area contributed by atoms with E-state index in [0.717, 1.165) is 42.3 Å².